The Morgan fingerprint density at radius 1 is 1.13 bits per heavy atom. The summed E-state index contributed by atoms with van der Waals surface area (Å²) in [7, 11) is 3.21. The fourth-order valence-electron chi connectivity index (χ4n) is 3.69. The number of ether oxygens (including phenoxy) is 3. The van der Waals surface area contributed by atoms with Crippen LogP contribution in [0.5, 0.6) is 11.5 Å². The fraction of sp³-hybridized carbons (Fsp3) is 0.333. The number of aryl methyl sites for hydroxylation is 1. The highest BCUT2D eigenvalue weighted by molar-refractivity contribution is 5.89. The van der Waals surface area contributed by atoms with Crippen LogP contribution in [0.4, 0.5) is 0 Å². The van der Waals surface area contributed by atoms with Gasteiger partial charge in [-0.25, -0.2) is 4.79 Å². The van der Waals surface area contributed by atoms with E-state index >= 15 is 0 Å². The van der Waals surface area contributed by atoms with Crippen molar-refractivity contribution in [1.82, 2.24) is 4.90 Å². The molecular formula is C24H27NO5. The van der Waals surface area contributed by atoms with Gasteiger partial charge in [-0.1, -0.05) is 29.8 Å². The average molecular weight is 409 g/mol. The van der Waals surface area contributed by atoms with Crippen LogP contribution >= 0.6 is 0 Å². The zero-order valence-electron chi connectivity index (χ0n) is 17.6. The first-order valence-electron chi connectivity index (χ1n) is 9.94. The number of likely N-dealkylation sites (tertiary alicyclic amines) is 1. The molecule has 0 aliphatic carbocycles. The van der Waals surface area contributed by atoms with Crippen molar-refractivity contribution < 1.29 is 23.8 Å². The highest BCUT2D eigenvalue weighted by Crippen LogP contribution is 2.38. The van der Waals surface area contributed by atoms with Gasteiger partial charge in [0.15, 0.2) is 6.61 Å². The van der Waals surface area contributed by atoms with Crippen LogP contribution in [0.3, 0.4) is 0 Å². The normalized spacial score (nSPS) is 16.0. The van der Waals surface area contributed by atoms with Crippen LogP contribution in [0, 0.1) is 6.92 Å². The van der Waals surface area contributed by atoms with Crippen molar-refractivity contribution in [2.24, 2.45) is 0 Å². The Labute approximate surface area is 177 Å². The second-order valence-electron chi connectivity index (χ2n) is 7.21. The standard InChI is InChI=1S/C24H27NO5/c1-17-6-4-7-18(14-17)9-12-24(27)30-16-23(26)25-13-5-8-21(25)20-15-19(28-2)10-11-22(20)29-3/h4,6-7,9-12,14-15,21H,5,8,13,16H2,1-3H3/b12-9+/t21-/m1/s1. The number of benzene rings is 2. The molecule has 1 heterocycles. The summed E-state index contributed by atoms with van der Waals surface area (Å²) in [5.74, 6) is 0.649. The molecule has 1 saturated heterocycles. The number of carbonyl (C=O) groups excluding carboxylic acids is 2. The average Bonchev–Trinajstić information content (AvgIpc) is 3.25. The maximum absolute atomic E-state index is 12.8. The van der Waals surface area contributed by atoms with Crippen molar-refractivity contribution in [3.05, 3.63) is 65.2 Å². The quantitative estimate of drug-likeness (QED) is 0.512. The first kappa shape index (κ1) is 21.4. The summed E-state index contributed by atoms with van der Waals surface area (Å²) in [6.07, 6.45) is 4.71. The molecule has 158 valence electrons. The molecule has 0 radical (unpaired) electrons. The molecule has 0 unspecified atom stereocenters. The van der Waals surface area contributed by atoms with Crippen molar-refractivity contribution in [2.75, 3.05) is 27.4 Å². The van der Waals surface area contributed by atoms with E-state index in [9.17, 15) is 9.59 Å². The van der Waals surface area contributed by atoms with Crippen LogP contribution in [-0.2, 0) is 14.3 Å². The summed E-state index contributed by atoms with van der Waals surface area (Å²) in [4.78, 5) is 26.5. The summed E-state index contributed by atoms with van der Waals surface area (Å²) >= 11 is 0. The Bertz CT molecular complexity index is 937. The number of methoxy groups -OCH3 is 2. The summed E-state index contributed by atoms with van der Waals surface area (Å²) in [5.41, 5.74) is 2.91. The molecule has 0 saturated carbocycles. The highest BCUT2D eigenvalue weighted by Gasteiger charge is 2.32. The zero-order valence-corrected chi connectivity index (χ0v) is 17.6. The third kappa shape index (κ3) is 5.20. The third-order valence-electron chi connectivity index (χ3n) is 5.16. The second-order valence-corrected chi connectivity index (χ2v) is 7.21. The van der Waals surface area contributed by atoms with Crippen molar-refractivity contribution in [2.45, 2.75) is 25.8 Å². The second kappa shape index (κ2) is 9.96. The lowest BCUT2D eigenvalue weighted by Gasteiger charge is -2.26. The summed E-state index contributed by atoms with van der Waals surface area (Å²) in [6, 6.07) is 13.2. The number of hydrogen-bond donors (Lipinski definition) is 0. The molecule has 0 aromatic heterocycles. The van der Waals surface area contributed by atoms with Crippen LogP contribution in [0.1, 0.15) is 35.6 Å². The van der Waals surface area contributed by atoms with Crippen molar-refractivity contribution in [3.63, 3.8) is 0 Å². The van der Waals surface area contributed by atoms with Gasteiger partial charge in [0.25, 0.3) is 5.91 Å². The molecule has 2 aromatic rings. The Balaban J connectivity index is 1.63. The lowest BCUT2D eigenvalue weighted by atomic mass is 10.0. The molecule has 1 fully saturated rings. The van der Waals surface area contributed by atoms with Crippen molar-refractivity contribution in [3.8, 4) is 11.5 Å². The van der Waals surface area contributed by atoms with Gasteiger partial charge in [0, 0.05) is 18.2 Å². The molecule has 6 heteroatoms. The molecule has 1 amide bonds. The third-order valence-corrected chi connectivity index (χ3v) is 5.16. The van der Waals surface area contributed by atoms with E-state index in [1.54, 1.807) is 25.2 Å². The predicted octanol–water partition coefficient (Wildman–Crippen LogP) is 3.93. The number of rotatable bonds is 7. The topological polar surface area (TPSA) is 65.1 Å². The monoisotopic (exact) mass is 409 g/mol. The van der Waals surface area contributed by atoms with E-state index in [4.69, 9.17) is 14.2 Å². The van der Waals surface area contributed by atoms with Gasteiger partial charge in [-0.2, -0.15) is 0 Å². The first-order valence-corrected chi connectivity index (χ1v) is 9.94. The van der Waals surface area contributed by atoms with Crippen molar-refractivity contribution >= 4 is 18.0 Å². The number of amides is 1. The van der Waals surface area contributed by atoms with E-state index in [1.807, 2.05) is 49.4 Å². The molecular weight excluding hydrogens is 382 g/mol. The lowest BCUT2D eigenvalue weighted by Crippen LogP contribution is -2.34. The van der Waals surface area contributed by atoms with E-state index < -0.39 is 5.97 Å². The minimum absolute atomic E-state index is 0.135. The van der Waals surface area contributed by atoms with Crippen LogP contribution in [0.2, 0.25) is 0 Å². The lowest BCUT2D eigenvalue weighted by molar-refractivity contribution is -0.148. The maximum atomic E-state index is 12.8. The van der Waals surface area contributed by atoms with Crippen LogP contribution in [-0.4, -0.2) is 44.1 Å². The SMILES string of the molecule is COc1ccc(OC)c([C@H]2CCCN2C(=O)COC(=O)/C=C/c2cccc(C)c2)c1. The minimum Gasteiger partial charge on any atom is -0.497 e. The molecule has 1 aliphatic heterocycles. The van der Waals surface area contributed by atoms with Gasteiger partial charge in [-0.3, -0.25) is 4.79 Å². The van der Waals surface area contributed by atoms with Gasteiger partial charge in [0.05, 0.1) is 20.3 Å². The predicted molar refractivity (Wildman–Crippen MR) is 114 cm³/mol. The summed E-state index contributed by atoms with van der Waals surface area (Å²) < 4.78 is 16.0. The minimum atomic E-state index is -0.542. The van der Waals surface area contributed by atoms with Gasteiger partial charge in [-0.05, 0) is 49.6 Å². The van der Waals surface area contributed by atoms with E-state index in [-0.39, 0.29) is 18.6 Å². The number of nitrogens with zero attached hydrogens (tertiary/aromatic N) is 1. The van der Waals surface area contributed by atoms with Crippen LogP contribution in [0.15, 0.2) is 48.5 Å². The van der Waals surface area contributed by atoms with Crippen molar-refractivity contribution in [1.29, 1.82) is 0 Å². The van der Waals surface area contributed by atoms with E-state index in [0.29, 0.717) is 18.0 Å². The Morgan fingerprint density at radius 2 is 1.97 bits per heavy atom. The molecule has 3 rings (SSSR count). The van der Waals surface area contributed by atoms with Gasteiger partial charge < -0.3 is 19.1 Å². The molecule has 6 nitrogen and oxygen atoms in total. The van der Waals surface area contributed by atoms with E-state index in [2.05, 4.69) is 0 Å². The Morgan fingerprint density at radius 3 is 2.70 bits per heavy atom. The molecule has 0 bridgehead atoms. The number of hydrogen-bond acceptors (Lipinski definition) is 5. The smallest absolute Gasteiger partial charge is 0.331 e. The first-order chi connectivity index (χ1) is 14.5. The fourth-order valence-corrected chi connectivity index (χ4v) is 3.69. The molecule has 1 atom stereocenters. The number of esters is 1. The Hall–Kier alpha value is -3.28. The maximum Gasteiger partial charge on any atom is 0.331 e. The van der Waals surface area contributed by atoms with E-state index in [1.165, 1.54) is 6.08 Å². The van der Waals surface area contributed by atoms with Crippen LogP contribution < -0.4 is 9.47 Å². The summed E-state index contributed by atoms with van der Waals surface area (Å²) in [5, 5.41) is 0. The van der Waals surface area contributed by atoms with Crippen LogP contribution in [0.25, 0.3) is 6.08 Å². The van der Waals surface area contributed by atoms with Gasteiger partial charge in [-0.15, -0.1) is 0 Å². The number of carbonyl (C=O) groups is 2. The zero-order chi connectivity index (χ0) is 21.5. The molecule has 1 aliphatic rings. The highest BCUT2D eigenvalue weighted by atomic mass is 16.5. The van der Waals surface area contributed by atoms with E-state index in [0.717, 1.165) is 29.5 Å². The summed E-state index contributed by atoms with van der Waals surface area (Å²) in [6.45, 7) is 2.30. The molecule has 2 aromatic carbocycles. The molecule has 0 spiro atoms. The van der Waals surface area contributed by atoms with Gasteiger partial charge in [0.1, 0.15) is 11.5 Å². The molecule has 30 heavy (non-hydrogen) atoms. The Kier molecular flexibility index (Phi) is 7.12. The van der Waals surface area contributed by atoms with Gasteiger partial charge in [0.2, 0.25) is 0 Å². The van der Waals surface area contributed by atoms with Gasteiger partial charge >= 0.3 is 5.97 Å². The molecule has 0 N–H and O–H groups in total. The largest absolute Gasteiger partial charge is 0.497 e.